The molecule has 0 amide bonds. The number of ketones is 1. The second-order valence-electron chi connectivity index (χ2n) is 4.79. The summed E-state index contributed by atoms with van der Waals surface area (Å²) >= 11 is 0. The van der Waals surface area contributed by atoms with Gasteiger partial charge in [-0.15, -0.1) is 0 Å². The number of rotatable bonds is 5. The van der Waals surface area contributed by atoms with Crippen molar-refractivity contribution in [3.8, 4) is 5.75 Å². The van der Waals surface area contributed by atoms with Crippen LogP contribution in [0.5, 0.6) is 5.75 Å². The molecule has 2 rings (SSSR count). The molecular weight excluding hydrogens is 268 g/mol. The van der Waals surface area contributed by atoms with Gasteiger partial charge in [-0.05, 0) is 25.5 Å². The Hall–Kier alpha value is -2.43. The average Bonchev–Trinajstić information content (AvgIpc) is 2.49. The van der Waals surface area contributed by atoms with Gasteiger partial charge in [0.1, 0.15) is 18.2 Å². The van der Waals surface area contributed by atoms with Crippen molar-refractivity contribution in [2.45, 2.75) is 13.8 Å². The van der Waals surface area contributed by atoms with E-state index in [9.17, 15) is 4.79 Å². The highest BCUT2D eigenvalue weighted by Gasteiger charge is 2.18. The first-order chi connectivity index (χ1) is 10.0. The van der Waals surface area contributed by atoms with Gasteiger partial charge in [0.15, 0.2) is 11.5 Å². The van der Waals surface area contributed by atoms with Gasteiger partial charge >= 0.3 is 0 Å². The zero-order valence-corrected chi connectivity index (χ0v) is 12.6. The molecule has 1 heterocycles. The number of Topliss-reactive ketones (excluding diaryl/α,β-unsaturated/α-hetero) is 1. The van der Waals surface area contributed by atoms with Crippen molar-refractivity contribution < 1.29 is 14.3 Å². The molecule has 1 aromatic carbocycles. The summed E-state index contributed by atoms with van der Waals surface area (Å²) in [4.78, 5) is 11.5. The van der Waals surface area contributed by atoms with Crippen LogP contribution in [-0.2, 0) is 4.74 Å². The average molecular weight is 288 g/mol. The van der Waals surface area contributed by atoms with E-state index in [0.29, 0.717) is 29.4 Å². The van der Waals surface area contributed by atoms with Gasteiger partial charge in [-0.3, -0.25) is 4.79 Å². The van der Waals surface area contributed by atoms with E-state index in [4.69, 9.17) is 9.47 Å². The van der Waals surface area contributed by atoms with E-state index in [0.717, 1.165) is 17.9 Å². The Morgan fingerprint density at radius 3 is 2.90 bits per heavy atom. The van der Waals surface area contributed by atoms with Crippen LogP contribution in [0.2, 0.25) is 0 Å². The van der Waals surface area contributed by atoms with E-state index in [1.54, 1.807) is 19.2 Å². The molecular formula is C16H20N2O3. The molecule has 21 heavy (non-hydrogen) atoms. The zero-order valence-electron chi connectivity index (χ0n) is 12.6. The summed E-state index contributed by atoms with van der Waals surface area (Å²) in [7, 11) is 1.80. The van der Waals surface area contributed by atoms with Gasteiger partial charge < -0.3 is 20.1 Å². The smallest absolute Gasteiger partial charge is 0.201 e. The molecule has 2 N–H and O–H groups in total. The zero-order chi connectivity index (χ0) is 15.4. The predicted molar refractivity (Wildman–Crippen MR) is 81.0 cm³/mol. The van der Waals surface area contributed by atoms with E-state index >= 15 is 0 Å². The monoisotopic (exact) mass is 288 g/mol. The lowest BCUT2D eigenvalue weighted by molar-refractivity contribution is 0.101. The summed E-state index contributed by atoms with van der Waals surface area (Å²) < 4.78 is 11.4. The number of carbonyl (C=O) groups is 1. The van der Waals surface area contributed by atoms with Gasteiger partial charge in [0.25, 0.3) is 0 Å². The lowest BCUT2D eigenvalue weighted by atomic mass is 10.1. The Labute approximate surface area is 124 Å². The summed E-state index contributed by atoms with van der Waals surface area (Å²) in [5.74, 6) is 2.29. The van der Waals surface area contributed by atoms with Crippen molar-refractivity contribution in [2.24, 2.45) is 0 Å². The number of ether oxygens (including phenoxy) is 2. The van der Waals surface area contributed by atoms with E-state index < -0.39 is 0 Å². The van der Waals surface area contributed by atoms with E-state index in [2.05, 4.69) is 17.2 Å². The van der Waals surface area contributed by atoms with Crippen LogP contribution in [0.1, 0.15) is 22.8 Å². The summed E-state index contributed by atoms with van der Waals surface area (Å²) in [6.45, 7) is 8.64. The van der Waals surface area contributed by atoms with E-state index in [1.165, 1.54) is 6.92 Å². The quantitative estimate of drug-likeness (QED) is 0.642. The van der Waals surface area contributed by atoms with Crippen molar-refractivity contribution >= 4 is 5.78 Å². The second-order valence-corrected chi connectivity index (χ2v) is 4.79. The van der Waals surface area contributed by atoms with Crippen LogP contribution in [0.3, 0.4) is 0 Å². The number of benzene rings is 1. The molecule has 0 aromatic heterocycles. The maximum atomic E-state index is 11.5. The molecule has 1 aromatic rings. The van der Waals surface area contributed by atoms with Crippen LogP contribution in [0.15, 0.2) is 42.1 Å². The standard InChI is InChI=1S/C16H20N2O3/c1-10-5-6-13(11(2)19)9-14(10)21-12(3)15-16(17-4)18-7-8-20-15/h5-6,9,17-18H,3,7-8H2,1-2,4H3. The Morgan fingerprint density at radius 2 is 2.24 bits per heavy atom. The van der Waals surface area contributed by atoms with Crippen molar-refractivity contribution in [1.29, 1.82) is 0 Å². The molecule has 0 aliphatic carbocycles. The minimum absolute atomic E-state index is 0.00354. The number of nitrogens with one attached hydrogen (secondary N) is 2. The van der Waals surface area contributed by atoms with Gasteiger partial charge in [0, 0.05) is 12.6 Å². The lowest BCUT2D eigenvalue weighted by Crippen LogP contribution is -2.34. The van der Waals surface area contributed by atoms with Gasteiger partial charge in [-0.1, -0.05) is 18.7 Å². The van der Waals surface area contributed by atoms with Crippen LogP contribution in [0.25, 0.3) is 0 Å². The molecule has 0 saturated heterocycles. The third-order valence-corrected chi connectivity index (χ3v) is 3.21. The van der Waals surface area contributed by atoms with E-state index in [1.807, 2.05) is 13.0 Å². The Kier molecular flexibility index (Phi) is 4.52. The highest BCUT2D eigenvalue weighted by molar-refractivity contribution is 5.94. The summed E-state index contributed by atoms with van der Waals surface area (Å²) in [5, 5.41) is 6.19. The van der Waals surface area contributed by atoms with Gasteiger partial charge in [0.2, 0.25) is 5.76 Å². The molecule has 5 heteroatoms. The third-order valence-electron chi connectivity index (χ3n) is 3.21. The molecule has 0 saturated carbocycles. The maximum Gasteiger partial charge on any atom is 0.201 e. The van der Waals surface area contributed by atoms with Crippen LogP contribution in [0, 0.1) is 6.92 Å². The molecule has 112 valence electrons. The number of hydrogen-bond donors (Lipinski definition) is 2. The van der Waals surface area contributed by atoms with Gasteiger partial charge in [-0.2, -0.15) is 0 Å². The second kappa shape index (κ2) is 6.35. The molecule has 5 nitrogen and oxygen atoms in total. The molecule has 0 unspecified atom stereocenters. The molecule has 0 spiro atoms. The highest BCUT2D eigenvalue weighted by Crippen LogP contribution is 2.25. The third kappa shape index (κ3) is 3.37. The van der Waals surface area contributed by atoms with Crippen LogP contribution >= 0.6 is 0 Å². The first kappa shape index (κ1) is 15.0. The Bertz CT molecular complexity index is 606. The number of hydrogen-bond acceptors (Lipinski definition) is 5. The largest absolute Gasteiger partial charge is 0.485 e. The molecule has 0 bridgehead atoms. The number of aryl methyl sites for hydroxylation is 1. The summed E-state index contributed by atoms with van der Waals surface area (Å²) in [6.07, 6.45) is 0. The lowest BCUT2D eigenvalue weighted by Gasteiger charge is -2.24. The molecule has 1 aliphatic heterocycles. The van der Waals surface area contributed by atoms with Crippen molar-refractivity contribution in [1.82, 2.24) is 10.6 Å². The summed E-state index contributed by atoms with van der Waals surface area (Å²) in [5.41, 5.74) is 1.53. The highest BCUT2D eigenvalue weighted by atomic mass is 16.5. The minimum atomic E-state index is -0.00354. The van der Waals surface area contributed by atoms with E-state index in [-0.39, 0.29) is 5.78 Å². The molecule has 0 atom stereocenters. The fourth-order valence-electron chi connectivity index (χ4n) is 2.01. The molecule has 1 aliphatic rings. The number of carbonyl (C=O) groups excluding carboxylic acids is 1. The normalized spacial score (nSPS) is 14.0. The Balaban J connectivity index is 2.25. The van der Waals surface area contributed by atoms with Gasteiger partial charge in [-0.25, -0.2) is 0 Å². The first-order valence-corrected chi connectivity index (χ1v) is 6.80. The maximum absolute atomic E-state index is 11.5. The van der Waals surface area contributed by atoms with Crippen LogP contribution < -0.4 is 15.4 Å². The van der Waals surface area contributed by atoms with Crippen molar-refractivity contribution in [3.63, 3.8) is 0 Å². The topological polar surface area (TPSA) is 59.6 Å². The fraction of sp³-hybridized carbons (Fsp3) is 0.312. The SMILES string of the molecule is C=C(Oc1cc(C(C)=O)ccc1C)C1=C(NC)NCCO1. The van der Waals surface area contributed by atoms with Crippen LogP contribution in [-0.4, -0.2) is 26.0 Å². The minimum Gasteiger partial charge on any atom is -0.485 e. The Morgan fingerprint density at radius 1 is 1.48 bits per heavy atom. The molecule has 0 fully saturated rings. The summed E-state index contributed by atoms with van der Waals surface area (Å²) in [6, 6.07) is 5.36. The van der Waals surface area contributed by atoms with Crippen molar-refractivity contribution in [2.75, 3.05) is 20.2 Å². The van der Waals surface area contributed by atoms with Crippen molar-refractivity contribution in [3.05, 3.63) is 53.2 Å². The van der Waals surface area contributed by atoms with Gasteiger partial charge in [0.05, 0.1) is 6.54 Å². The predicted octanol–water partition coefficient (Wildman–Crippen LogP) is 2.10. The van der Waals surface area contributed by atoms with Crippen LogP contribution in [0.4, 0.5) is 0 Å². The fourth-order valence-corrected chi connectivity index (χ4v) is 2.01. The first-order valence-electron chi connectivity index (χ1n) is 6.80. The molecule has 0 radical (unpaired) electrons.